The highest BCUT2D eigenvalue weighted by Gasteiger charge is 2.29. The minimum Gasteiger partial charge on any atom is -0.481 e. The lowest BCUT2D eigenvalue weighted by Crippen LogP contribution is -2.56. The van der Waals surface area contributed by atoms with Gasteiger partial charge in [0.2, 0.25) is 17.7 Å². The molecule has 0 aliphatic carbocycles. The number of nitrogens with one attached hydrogen (secondary N) is 3. The highest BCUT2D eigenvalue weighted by Crippen LogP contribution is 2.06. The summed E-state index contributed by atoms with van der Waals surface area (Å²) in [5.74, 6) is -4.83. The number of carboxylic acids is 2. The largest absolute Gasteiger partial charge is 0.481 e. The van der Waals surface area contributed by atoms with Crippen LogP contribution < -0.4 is 33.2 Å². The number of amides is 3. The zero-order valence-electron chi connectivity index (χ0n) is 19.7. The summed E-state index contributed by atoms with van der Waals surface area (Å²) in [6.07, 6.45) is -0.0808. The molecule has 3 unspecified atom stereocenters. The number of carbonyl (C=O) groups excluding carboxylic acids is 3. The number of nitrogens with zero attached hydrogens (tertiary/aromatic N) is 1. The number of hydrogen-bond acceptors (Lipinski definition) is 7. The van der Waals surface area contributed by atoms with Crippen molar-refractivity contribution >= 4 is 35.6 Å². The smallest absolute Gasteiger partial charge is 0.322 e. The molecule has 0 heterocycles. The van der Waals surface area contributed by atoms with E-state index in [1.807, 2.05) is 0 Å². The van der Waals surface area contributed by atoms with Crippen molar-refractivity contribution in [3.63, 3.8) is 0 Å². The van der Waals surface area contributed by atoms with Gasteiger partial charge in [0, 0.05) is 19.4 Å². The van der Waals surface area contributed by atoms with Gasteiger partial charge in [-0.2, -0.15) is 0 Å². The van der Waals surface area contributed by atoms with Gasteiger partial charge in [0.05, 0.1) is 6.04 Å². The molecule has 3 atom stereocenters. The predicted molar refractivity (Wildman–Crippen MR) is 129 cm³/mol. The average molecular weight is 508 g/mol. The third-order valence-corrected chi connectivity index (χ3v) is 4.91. The molecular formula is C22H33N7O7. The van der Waals surface area contributed by atoms with Crippen LogP contribution in [0, 0.1) is 0 Å². The molecule has 0 saturated heterocycles. The first-order valence-corrected chi connectivity index (χ1v) is 11.2. The van der Waals surface area contributed by atoms with Crippen LogP contribution in [0.25, 0.3) is 0 Å². The van der Waals surface area contributed by atoms with Crippen molar-refractivity contribution in [1.82, 2.24) is 16.0 Å². The van der Waals surface area contributed by atoms with E-state index in [1.54, 1.807) is 30.3 Å². The third kappa shape index (κ3) is 12.3. The Morgan fingerprint density at radius 2 is 1.50 bits per heavy atom. The van der Waals surface area contributed by atoms with Gasteiger partial charge in [-0.05, 0) is 24.8 Å². The molecule has 36 heavy (non-hydrogen) atoms. The van der Waals surface area contributed by atoms with E-state index in [0.29, 0.717) is 12.0 Å². The summed E-state index contributed by atoms with van der Waals surface area (Å²) in [4.78, 5) is 63.8. The molecular weight excluding hydrogens is 474 g/mol. The molecule has 11 N–H and O–H groups in total. The van der Waals surface area contributed by atoms with Gasteiger partial charge in [-0.1, -0.05) is 30.3 Å². The zero-order valence-corrected chi connectivity index (χ0v) is 19.7. The van der Waals surface area contributed by atoms with E-state index in [4.69, 9.17) is 27.4 Å². The van der Waals surface area contributed by atoms with Gasteiger partial charge in [-0.15, -0.1) is 0 Å². The van der Waals surface area contributed by atoms with E-state index >= 15 is 0 Å². The molecule has 0 saturated carbocycles. The third-order valence-electron chi connectivity index (χ3n) is 4.91. The molecule has 0 radical (unpaired) electrons. The van der Waals surface area contributed by atoms with Crippen molar-refractivity contribution in [2.45, 2.75) is 50.2 Å². The zero-order chi connectivity index (χ0) is 27.1. The second kappa shape index (κ2) is 15.7. The molecule has 1 rings (SSSR count). The first-order valence-electron chi connectivity index (χ1n) is 11.2. The van der Waals surface area contributed by atoms with Crippen LogP contribution in [0.3, 0.4) is 0 Å². The van der Waals surface area contributed by atoms with Crippen molar-refractivity contribution in [3.05, 3.63) is 35.9 Å². The maximum absolute atomic E-state index is 13.0. The van der Waals surface area contributed by atoms with Gasteiger partial charge < -0.3 is 43.4 Å². The average Bonchev–Trinajstić information content (AvgIpc) is 2.82. The monoisotopic (exact) mass is 507 g/mol. The van der Waals surface area contributed by atoms with Crippen LogP contribution in [0.5, 0.6) is 0 Å². The highest BCUT2D eigenvalue weighted by molar-refractivity contribution is 5.94. The maximum Gasteiger partial charge on any atom is 0.322 e. The summed E-state index contributed by atoms with van der Waals surface area (Å²) >= 11 is 0. The molecule has 1 aromatic rings. The minimum absolute atomic E-state index is 0.0297. The number of benzene rings is 1. The number of carbonyl (C=O) groups is 5. The number of aliphatic carboxylic acids is 2. The van der Waals surface area contributed by atoms with Crippen molar-refractivity contribution in [2.24, 2.45) is 22.2 Å². The molecule has 198 valence electrons. The van der Waals surface area contributed by atoms with E-state index in [9.17, 15) is 24.0 Å². The number of rotatable bonds is 16. The number of aliphatic imine (C=N–C) groups is 1. The van der Waals surface area contributed by atoms with Crippen LogP contribution in [0.1, 0.15) is 31.2 Å². The lowest BCUT2D eigenvalue weighted by Gasteiger charge is -2.24. The SMILES string of the molecule is NC(N)=NCCCC(N)C(=O)NC(CCC(=O)O)C(=O)NC(Cc1ccccc1)C(=O)NCC(=O)O. The summed E-state index contributed by atoms with van der Waals surface area (Å²) in [5, 5.41) is 25.0. The Morgan fingerprint density at radius 1 is 0.861 bits per heavy atom. The van der Waals surface area contributed by atoms with E-state index in [0.717, 1.165) is 0 Å². The van der Waals surface area contributed by atoms with Crippen LogP contribution >= 0.6 is 0 Å². The summed E-state index contributed by atoms with van der Waals surface area (Å²) < 4.78 is 0. The van der Waals surface area contributed by atoms with Gasteiger partial charge in [0.15, 0.2) is 5.96 Å². The molecule has 1 aromatic carbocycles. The molecule has 0 bridgehead atoms. The Hall–Kier alpha value is -4.20. The summed E-state index contributed by atoms with van der Waals surface area (Å²) in [5.41, 5.74) is 17.0. The van der Waals surface area contributed by atoms with Crippen LogP contribution in [0.2, 0.25) is 0 Å². The second-order valence-corrected chi connectivity index (χ2v) is 7.91. The van der Waals surface area contributed by atoms with E-state index in [2.05, 4.69) is 20.9 Å². The number of carboxylic acid groups (broad SMARTS) is 2. The van der Waals surface area contributed by atoms with Crippen molar-refractivity contribution < 1.29 is 34.2 Å². The second-order valence-electron chi connectivity index (χ2n) is 7.91. The van der Waals surface area contributed by atoms with Crippen LogP contribution in [-0.4, -0.2) is 77.0 Å². The minimum atomic E-state index is -1.30. The van der Waals surface area contributed by atoms with Crippen molar-refractivity contribution in [3.8, 4) is 0 Å². The highest BCUT2D eigenvalue weighted by atomic mass is 16.4. The van der Waals surface area contributed by atoms with Gasteiger partial charge in [0.1, 0.15) is 18.6 Å². The quantitative estimate of drug-likeness (QED) is 0.0671. The standard InChI is InChI=1S/C22H33N7O7/c23-14(7-4-10-26-22(24)25)19(34)28-15(8-9-17(30)31)21(36)29-16(20(35)27-12-18(32)33)11-13-5-2-1-3-6-13/h1-3,5-6,14-16H,4,7-12,23H2,(H,27,35)(H,28,34)(H,29,36)(H,30,31)(H,32,33)(H4,24,25,26). The molecule has 0 aliphatic heterocycles. The van der Waals surface area contributed by atoms with E-state index in [-0.39, 0.29) is 31.8 Å². The number of nitrogens with two attached hydrogens (primary N) is 3. The number of hydrogen-bond donors (Lipinski definition) is 8. The van der Waals surface area contributed by atoms with Gasteiger partial charge in [0.25, 0.3) is 0 Å². The summed E-state index contributed by atoms with van der Waals surface area (Å²) in [7, 11) is 0. The maximum atomic E-state index is 13.0. The molecule has 0 fully saturated rings. The molecule has 0 aromatic heterocycles. The molecule has 14 heteroatoms. The van der Waals surface area contributed by atoms with Gasteiger partial charge in [-0.25, -0.2) is 0 Å². The Balaban J connectivity index is 2.93. The lowest BCUT2D eigenvalue weighted by molar-refractivity contribution is -0.138. The topological polar surface area (TPSA) is 252 Å². The van der Waals surface area contributed by atoms with Crippen LogP contribution in [0.4, 0.5) is 0 Å². The molecule has 0 aliphatic rings. The lowest BCUT2D eigenvalue weighted by atomic mass is 10.0. The van der Waals surface area contributed by atoms with E-state index in [1.165, 1.54) is 0 Å². The van der Waals surface area contributed by atoms with Crippen LogP contribution in [-0.2, 0) is 30.4 Å². The van der Waals surface area contributed by atoms with Crippen molar-refractivity contribution in [1.29, 1.82) is 0 Å². The first kappa shape index (κ1) is 29.8. The van der Waals surface area contributed by atoms with Gasteiger partial charge >= 0.3 is 11.9 Å². The van der Waals surface area contributed by atoms with Crippen LogP contribution in [0.15, 0.2) is 35.3 Å². The Labute approximate surface area is 207 Å². The predicted octanol–water partition coefficient (Wildman–Crippen LogP) is -2.35. The van der Waals surface area contributed by atoms with E-state index < -0.39 is 60.8 Å². The molecule has 3 amide bonds. The van der Waals surface area contributed by atoms with Gasteiger partial charge in [-0.3, -0.25) is 29.0 Å². The molecule has 0 spiro atoms. The fourth-order valence-electron chi connectivity index (χ4n) is 3.08. The fraction of sp³-hybridized carbons (Fsp3) is 0.455. The number of guanidine groups is 1. The molecule has 14 nitrogen and oxygen atoms in total. The Morgan fingerprint density at radius 3 is 2.08 bits per heavy atom. The van der Waals surface area contributed by atoms with Crippen molar-refractivity contribution in [2.75, 3.05) is 13.1 Å². The summed E-state index contributed by atoms with van der Waals surface area (Å²) in [6, 6.07) is 5.16. The first-order chi connectivity index (χ1) is 17.0. The normalized spacial score (nSPS) is 12.9. The Kier molecular flexibility index (Phi) is 13.0. The fourth-order valence-corrected chi connectivity index (χ4v) is 3.08. The summed E-state index contributed by atoms with van der Waals surface area (Å²) in [6.45, 7) is -0.410. The Bertz CT molecular complexity index is 936.